The van der Waals surface area contributed by atoms with Gasteiger partial charge in [-0.15, -0.1) is 10.2 Å². The summed E-state index contributed by atoms with van der Waals surface area (Å²) in [4.78, 5) is 0. The highest BCUT2D eigenvalue weighted by Crippen LogP contribution is 2.35. The van der Waals surface area contributed by atoms with E-state index >= 15 is 0 Å². The van der Waals surface area contributed by atoms with E-state index in [-0.39, 0.29) is 27.4 Å². The summed E-state index contributed by atoms with van der Waals surface area (Å²) in [5, 5.41) is 31.1. The molecule has 0 radical (unpaired) electrons. The Morgan fingerprint density at radius 1 is 1.07 bits per heavy atom. The van der Waals surface area contributed by atoms with E-state index in [4.69, 9.17) is 44.5 Å². The highest BCUT2D eigenvalue weighted by Gasteiger charge is 2.25. The van der Waals surface area contributed by atoms with E-state index in [0.717, 1.165) is 0 Å². The van der Waals surface area contributed by atoms with Crippen molar-refractivity contribution in [2.75, 3.05) is 5.32 Å². The Labute approximate surface area is 170 Å². The maximum absolute atomic E-state index is 10.2. The molecule has 6 nitrogen and oxygen atoms in total. The average molecular weight is 424 g/mol. The van der Waals surface area contributed by atoms with Crippen molar-refractivity contribution in [1.82, 2.24) is 10.2 Å². The Bertz CT molecular complexity index is 997. The van der Waals surface area contributed by atoms with Crippen LogP contribution in [0, 0.1) is 11.3 Å². The number of benzene rings is 2. The van der Waals surface area contributed by atoms with Crippen molar-refractivity contribution in [2.24, 2.45) is 0 Å². The Hall–Kier alpha value is -2.30. The third kappa shape index (κ3) is 4.18. The van der Waals surface area contributed by atoms with Gasteiger partial charge in [-0.25, -0.2) is 0 Å². The van der Waals surface area contributed by atoms with Gasteiger partial charge in [-0.1, -0.05) is 34.8 Å². The molecule has 9 heteroatoms. The van der Waals surface area contributed by atoms with Crippen LogP contribution in [0.5, 0.6) is 0 Å². The fourth-order valence-corrected chi connectivity index (χ4v) is 2.93. The van der Waals surface area contributed by atoms with Gasteiger partial charge in [0.1, 0.15) is 12.1 Å². The number of aromatic nitrogens is 2. The summed E-state index contributed by atoms with van der Waals surface area (Å²) in [6.45, 7) is 1.57. The van der Waals surface area contributed by atoms with Gasteiger partial charge >= 0.3 is 0 Å². The number of anilines is 1. The monoisotopic (exact) mass is 422 g/mol. The number of hydrogen-bond acceptors (Lipinski definition) is 6. The molecule has 1 aromatic heterocycles. The van der Waals surface area contributed by atoms with Crippen molar-refractivity contribution in [3.8, 4) is 17.5 Å². The van der Waals surface area contributed by atoms with Gasteiger partial charge in [-0.3, -0.25) is 0 Å². The summed E-state index contributed by atoms with van der Waals surface area (Å²) in [6.07, 6.45) is -0.881. The summed E-state index contributed by atoms with van der Waals surface area (Å²) >= 11 is 18.2. The van der Waals surface area contributed by atoms with Crippen LogP contribution in [0.4, 0.5) is 5.69 Å². The standard InChI is InChI=1S/C18H13Cl3N4O2/c1-9(26)16(23-13-7-4-11(8-22)14(20)15(13)21)18-25-24-17(27-18)10-2-5-12(19)6-3-10/h2-7,9,16,23,26H,1H3/t9?,16-/m0/s1. The highest BCUT2D eigenvalue weighted by atomic mass is 35.5. The second-order valence-electron chi connectivity index (χ2n) is 5.72. The van der Waals surface area contributed by atoms with E-state index in [1.54, 1.807) is 37.3 Å². The van der Waals surface area contributed by atoms with Crippen molar-refractivity contribution in [3.63, 3.8) is 0 Å². The number of aliphatic hydroxyl groups excluding tert-OH is 1. The molecular formula is C18H13Cl3N4O2. The summed E-state index contributed by atoms with van der Waals surface area (Å²) in [6, 6.07) is 11.3. The molecule has 0 aliphatic carbocycles. The highest BCUT2D eigenvalue weighted by molar-refractivity contribution is 6.44. The van der Waals surface area contributed by atoms with Crippen LogP contribution in [0.25, 0.3) is 11.5 Å². The van der Waals surface area contributed by atoms with Gasteiger partial charge in [0.25, 0.3) is 0 Å². The number of nitrogens with zero attached hydrogens (tertiary/aromatic N) is 3. The minimum Gasteiger partial charge on any atom is -0.418 e. The van der Waals surface area contributed by atoms with Crippen molar-refractivity contribution in [3.05, 3.63) is 62.9 Å². The molecular weight excluding hydrogens is 411 g/mol. The van der Waals surface area contributed by atoms with E-state index < -0.39 is 12.1 Å². The van der Waals surface area contributed by atoms with E-state index in [1.165, 1.54) is 6.07 Å². The SMILES string of the molecule is CC(O)[C@H](Nc1ccc(C#N)c(Cl)c1Cl)c1nnc(-c2ccc(Cl)cc2)o1. The maximum Gasteiger partial charge on any atom is 0.247 e. The van der Waals surface area contributed by atoms with Crippen LogP contribution in [0.1, 0.15) is 24.4 Å². The summed E-state index contributed by atoms with van der Waals surface area (Å²) in [5.74, 6) is 0.463. The van der Waals surface area contributed by atoms with Gasteiger partial charge in [-0.2, -0.15) is 5.26 Å². The second kappa shape index (κ2) is 8.15. The molecule has 2 N–H and O–H groups in total. The average Bonchev–Trinajstić information content (AvgIpc) is 3.13. The van der Waals surface area contributed by atoms with Gasteiger partial charge in [0.2, 0.25) is 11.8 Å². The summed E-state index contributed by atoms with van der Waals surface area (Å²) in [5.41, 5.74) is 1.38. The molecule has 0 saturated heterocycles. The lowest BCUT2D eigenvalue weighted by Crippen LogP contribution is -2.23. The lowest BCUT2D eigenvalue weighted by Gasteiger charge is -2.20. The zero-order chi connectivity index (χ0) is 19.6. The molecule has 3 aromatic rings. The predicted octanol–water partition coefficient (Wildman–Crippen LogP) is 5.10. The molecule has 0 aliphatic heterocycles. The number of rotatable bonds is 5. The number of nitrogens with one attached hydrogen (secondary N) is 1. The van der Waals surface area contributed by atoms with E-state index in [1.807, 2.05) is 6.07 Å². The van der Waals surface area contributed by atoms with Crippen LogP contribution < -0.4 is 5.32 Å². The molecule has 0 aliphatic rings. The largest absolute Gasteiger partial charge is 0.418 e. The van der Waals surface area contributed by atoms with Gasteiger partial charge in [0.05, 0.1) is 27.4 Å². The van der Waals surface area contributed by atoms with Gasteiger partial charge in [0.15, 0.2) is 0 Å². The molecule has 0 amide bonds. The Morgan fingerprint density at radius 3 is 2.41 bits per heavy atom. The van der Waals surface area contributed by atoms with Crippen molar-refractivity contribution in [1.29, 1.82) is 5.26 Å². The number of halogens is 3. The van der Waals surface area contributed by atoms with Crippen LogP contribution in [-0.2, 0) is 0 Å². The van der Waals surface area contributed by atoms with Gasteiger partial charge in [0, 0.05) is 10.6 Å². The van der Waals surface area contributed by atoms with Crippen LogP contribution in [0.3, 0.4) is 0 Å². The molecule has 27 heavy (non-hydrogen) atoms. The third-order valence-corrected chi connectivity index (χ3v) is 4.93. The predicted molar refractivity (Wildman–Crippen MR) is 104 cm³/mol. The molecule has 0 spiro atoms. The molecule has 2 aromatic carbocycles. The van der Waals surface area contributed by atoms with E-state index in [9.17, 15) is 5.11 Å². The minimum atomic E-state index is -0.881. The van der Waals surface area contributed by atoms with E-state index in [2.05, 4.69) is 15.5 Å². The molecule has 3 rings (SSSR count). The zero-order valence-corrected chi connectivity index (χ0v) is 16.2. The Kier molecular flexibility index (Phi) is 5.88. The Balaban J connectivity index is 1.90. The molecule has 2 atom stereocenters. The first kappa shape index (κ1) is 19.5. The van der Waals surface area contributed by atoms with Crippen LogP contribution in [0.2, 0.25) is 15.1 Å². The number of hydrogen-bond donors (Lipinski definition) is 2. The fourth-order valence-electron chi connectivity index (χ4n) is 2.37. The molecule has 1 heterocycles. The van der Waals surface area contributed by atoms with Crippen LogP contribution >= 0.6 is 34.8 Å². The van der Waals surface area contributed by atoms with Gasteiger partial charge < -0.3 is 14.8 Å². The number of nitriles is 1. The van der Waals surface area contributed by atoms with Gasteiger partial charge in [-0.05, 0) is 43.3 Å². The fraction of sp³-hybridized carbons (Fsp3) is 0.167. The minimum absolute atomic E-state index is 0.126. The smallest absolute Gasteiger partial charge is 0.247 e. The first-order valence-electron chi connectivity index (χ1n) is 7.82. The van der Waals surface area contributed by atoms with Crippen LogP contribution in [0.15, 0.2) is 40.8 Å². The molecule has 138 valence electrons. The quantitative estimate of drug-likeness (QED) is 0.592. The second-order valence-corrected chi connectivity index (χ2v) is 6.91. The summed E-state index contributed by atoms with van der Waals surface area (Å²) < 4.78 is 5.70. The Morgan fingerprint density at radius 2 is 1.78 bits per heavy atom. The summed E-state index contributed by atoms with van der Waals surface area (Å²) in [7, 11) is 0. The van der Waals surface area contributed by atoms with Crippen LogP contribution in [-0.4, -0.2) is 21.4 Å². The lowest BCUT2D eigenvalue weighted by atomic mass is 10.1. The lowest BCUT2D eigenvalue weighted by molar-refractivity contribution is 0.160. The maximum atomic E-state index is 10.2. The molecule has 0 fully saturated rings. The van der Waals surface area contributed by atoms with Crippen molar-refractivity contribution < 1.29 is 9.52 Å². The topological polar surface area (TPSA) is 95.0 Å². The molecule has 0 bridgehead atoms. The normalized spacial score (nSPS) is 13.0. The van der Waals surface area contributed by atoms with Crippen molar-refractivity contribution in [2.45, 2.75) is 19.1 Å². The third-order valence-electron chi connectivity index (χ3n) is 3.79. The van der Waals surface area contributed by atoms with E-state index in [0.29, 0.717) is 16.3 Å². The molecule has 1 unspecified atom stereocenters. The first-order chi connectivity index (χ1) is 12.9. The number of aliphatic hydroxyl groups is 1. The molecule has 0 saturated carbocycles. The zero-order valence-electron chi connectivity index (χ0n) is 13.9. The van der Waals surface area contributed by atoms with Crippen molar-refractivity contribution >= 4 is 40.5 Å². The first-order valence-corrected chi connectivity index (χ1v) is 8.96.